The summed E-state index contributed by atoms with van der Waals surface area (Å²) in [5, 5.41) is 0. The molecule has 0 bridgehead atoms. The quantitative estimate of drug-likeness (QED) is 0.836. The van der Waals surface area contributed by atoms with Gasteiger partial charge in [-0.25, -0.2) is 9.38 Å². The van der Waals surface area contributed by atoms with Crippen molar-refractivity contribution in [2.24, 2.45) is 4.99 Å². The zero-order chi connectivity index (χ0) is 15.7. The summed E-state index contributed by atoms with van der Waals surface area (Å²) in [7, 11) is 0. The topological polar surface area (TPSA) is 26.5 Å². The molecule has 1 saturated carbocycles. The monoisotopic (exact) mass is 312 g/mol. The molecule has 2 aliphatic rings. The number of benzene rings is 1. The van der Waals surface area contributed by atoms with Crippen molar-refractivity contribution in [1.29, 1.82) is 0 Å². The highest BCUT2D eigenvalue weighted by Crippen LogP contribution is 2.36. The van der Waals surface area contributed by atoms with Crippen LogP contribution in [0.15, 0.2) is 47.6 Å². The second-order valence-corrected chi connectivity index (χ2v) is 6.64. The Labute approximate surface area is 135 Å². The lowest BCUT2D eigenvalue weighted by molar-refractivity contribution is 0.207. The molecule has 1 aromatic heterocycles. The summed E-state index contributed by atoms with van der Waals surface area (Å²) < 4.78 is 21.4. The fourth-order valence-electron chi connectivity index (χ4n) is 3.66. The minimum absolute atomic E-state index is 0.00153. The molecule has 0 unspecified atom stereocenters. The van der Waals surface area contributed by atoms with E-state index in [1.807, 2.05) is 24.4 Å². The molecular weight excluding hydrogens is 291 g/mol. The van der Waals surface area contributed by atoms with E-state index in [0.29, 0.717) is 13.2 Å². The lowest BCUT2D eigenvalue weighted by Gasteiger charge is -2.27. The van der Waals surface area contributed by atoms with Crippen LogP contribution in [0, 0.1) is 5.82 Å². The normalized spacial score (nSPS) is 19.6. The smallest absolute Gasteiger partial charge is 0.234 e. The Morgan fingerprint density at radius 2 is 2.00 bits per heavy atom. The van der Waals surface area contributed by atoms with Crippen LogP contribution >= 0.6 is 0 Å². The molecule has 1 aliphatic carbocycles. The summed E-state index contributed by atoms with van der Waals surface area (Å²) in [6, 6.07) is 10.7. The van der Waals surface area contributed by atoms with Crippen LogP contribution in [0.4, 0.5) is 4.39 Å². The second-order valence-electron chi connectivity index (χ2n) is 6.64. The van der Waals surface area contributed by atoms with E-state index in [4.69, 9.17) is 9.73 Å². The molecular formula is C19H21FN2O. The van der Waals surface area contributed by atoms with Gasteiger partial charge in [-0.2, -0.15) is 0 Å². The van der Waals surface area contributed by atoms with E-state index in [1.54, 1.807) is 12.1 Å². The summed E-state index contributed by atoms with van der Waals surface area (Å²) in [5.74, 6) is 0.542. The van der Waals surface area contributed by atoms with Crippen LogP contribution in [-0.4, -0.2) is 22.6 Å². The maximum atomic E-state index is 13.4. The van der Waals surface area contributed by atoms with E-state index >= 15 is 0 Å². The van der Waals surface area contributed by atoms with Gasteiger partial charge in [-0.1, -0.05) is 31.4 Å². The summed E-state index contributed by atoms with van der Waals surface area (Å²) in [5.41, 5.74) is 1.92. The van der Waals surface area contributed by atoms with Crippen molar-refractivity contribution >= 4 is 5.90 Å². The Kier molecular flexibility index (Phi) is 3.68. The van der Waals surface area contributed by atoms with Gasteiger partial charge >= 0.3 is 0 Å². The Balaban J connectivity index is 1.59. The fraction of sp³-hybridized carbons (Fsp3) is 0.421. The summed E-state index contributed by atoms with van der Waals surface area (Å²) in [6.07, 6.45) is 8.04. The van der Waals surface area contributed by atoms with E-state index in [2.05, 4.69) is 4.57 Å². The van der Waals surface area contributed by atoms with Gasteiger partial charge < -0.3 is 9.30 Å². The van der Waals surface area contributed by atoms with Crippen molar-refractivity contribution in [2.75, 3.05) is 6.61 Å². The first-order chi connectivity index (χ1) is 11.2. The molecule has 1 aromatic carbocycles. The molecule has 4 rings (SSSR count). The number of ether oxygens (including phenoxy) is 1. The Morgan fingerprint density at radius 3 is 2.83 bits per heavy atom. The number of aliphatic imine (C=N–C) groups is 1. The molecule has 0 saturated heterocycles. The average Bonchev–Trinajstić information content (AvgIpc) is 3.16. The molecule has 4 heteroatoms. The van der Waals surface area contributed by atoms with E-state index in [0.717, 1.165) is 30.0 Å². The highest BCUT2D eigenvalue weighted by Gasteiger charge is 2.38. The summed E-state index contributed by atoms with van der Waals surface area (Å²) in [4.78, 5) is 4.94. The Morgan fingerprint density at radius 1 is 1.13 bits per heavy atom. The molecule has 0 atom stereocenters. The lowest BCUT2D eigenvalue weighted by atomic mass is 9.83. The van der Waals surface area contributed by atoms with Gasteiger partial charge in [-0.05, 0) is 42.7 Å². The molecule has 1 fully saturated rings. The van der Waals surface area contributed by atoms with Crippen LogP contribution in [0.25, 0.3) is 0 Å². The maximum Gasteiger partial charge on any atom is 0.234 e. The predicted molar refractivity (Wildman–Crippen MR) is 88.2 cm³/mol. The largest absolute Gasteiger partial charge is 0.474 e. The average molecular weight is 312 g/mol. The number of nitrogens with zero attached hydrogens (tertiary/aromatic N) is 2. The molecule has 2 aromatic rings. The number of rotatable bonds is 3. The minimum Gasteiger partial charge on any atom is -0.474 e. The van der Waals surface area contributed by atoms with Gasteiger partial charge in [0.1, 0.15) is 18.1 Å². The van der Waals surface area contributed by atoms with Crippen LogP contribution in [0.3, 0.4) is 0 Å². The van der Waals surface area contributed by atoms with Crippen LogP contribution in [0.5, 0.6) is 0 Å². The van der Waals surface area contributed by atoms with Gasteiger partial charge in [0.15, 0.2) is 0 Å². The SMILES string of the molecule is Fc1cccc(Cn2cccc2C2=NC3(CCCCC3)CO2)c1. The zero-order valence-electron chi connectivity index (χ0n) is 13.2. The van der Waals surface area contributed by atoms with Gasteiger partial charge in [0.2, 0.25) is 5.90 Å². The van der Waals surface area contributed by atoms with E-state index in [-0.39, 0.29) is 11.4 Å². The van der Waals surface area contributed by atoms with Gasteiger partial charge in [-0.3, -0.25) is 0 Å². The maximum absolute atomic E-state index is 13.4. The molecule has 0 radical (unpaired) electrons. The first-order valence-electron chi connectivity index (χ1n) is 8.37. The van der Waals surface area contributed by atoms with Crippen molar-refractivity contribution < 1.29 is 9.13 Å². The van der Waals surface area contributed by atoms with Crippen LogP contribution in [0.2, 0.25) is 0 Å². The molecule has 120 valence electrons. The van der Waals surface area contributed by atoms with Crippen LogP contribution in [-0.2, 0) is 11.3 Å². The molecule has 23 heavy (non-hydrogen) atoms. The highest BCUT2D eigenvalue weighted by molar-refractivity contribution is 5.94. The third-order valence-corrected chi connectivity index (χ3v) is 4.89. The van der Waals surface area contributed by atoms with Gasteiger partial charge in [0.25, 0.3) is 0 Å². The summed E-state index contributed by atoms with van der Waals surface area (Å²) >= 11 is 0. The first kappa shape index (κ1) is 14.5. The number of halogens is 1. The van der Waals surface area contributed by atoms with E-state index < -0.39 is 0 Å². The fourth-order valence-corrected chi connectivity index (χ4v) is 3.66. The molecule has 0 N–H and O–H groups in total. The minimum atomic E-state index is -0.202. The van der Waals surface area contributed by atoms with Gasteiger partial charge in [0, 0.05) is 12.7 Å². The third-order valence-electron chi connectivity index (χ3n) is 4.89. The van der Waals surface area contributed by atoms with Gasteiger partial charge in [0.05, 0.1) is 5.54 Å². The molecule has 1 aliphatic heterocycles. The number of hydrogen-bond acceptors (Lipinski definition) is 2. The molecule has 1 spiro atoms. The second kappa shape index (κ2) is 5.84. The third kappa shape index (κ3) is 2.90. The number of aromatic nitrogens is 1. The Bertz CT molecular complexity index is 728. The zero-order valence-corrected chi connectivity index (χ0v) is 13.2. The van der Waals surface area contributed by atoms with Crippen molar-refractivity contribution in [1.82, 2.24) is 4.57 Å². The molecule has 0 amide bonds. The van der Waals surface area contributed by atoms with Crippen molar-refractivity contribution in [2.45, 2.75) is 44.2 Å². The molecule has 2 heterocycles. The van der Waals surface area contributed by atoms with Crippen molar-refractivity contribution in [3.63, 3.8) is 0 Å². The van der Waals surface area contributed by atoms with Crippen molar-refractivity contribution in [3.8, 4) is 0 Å². The standard InChI is InChI=1S/C19H21FN2O/c20-16-7-4-6-15(12-16)13-22-11-5-8-17(22)18-21-19(14-23-18)9-2-1-3-10-19/h4-8,11-12H,1-3,9-10,13-14H2. The first-order valence-corrected chi connectivity index (χ1v) is 8.37. The van der Waals surface area contributed by atoms with E-state index in [1.165, 1.54) is 25.3 Å². The number of hydrogen-bond donors (Lipinski definition) is 0. The summed E-state index contributed by atoms with van der Waals surface area (Å²) in [6.45, 7) is 1.32. The van der Waals surface area contributed by atoms with Gasteiger partial charge in [-0.15, -0.1) is 0 Å². The van der Waals surface area contributed by atoms with Crippen LogP contribution in [0.1, 0.15) is 43.4 Å². The molecule has 3 nitrogen and oxygen atoms in total. The van der Waals surface area contributed by atoms with E-state index in [9.17, 15) is 4.39 Å². The van der Waals surface area contributed by atoms with Crippen molar-refractivity contribution in [3.05, 3.63) is 59.7 Å². The predicted octanol–water partition coefficient (Wildman–Crippen LogP) is 4.16. The Hall–Kier alpha value is -2.10. The van der Waals surface area contributed by atoms with Crippen LogP contribution < -0.4 is 0 Å². The lowest BCUT2D eigenvalue weighted by Crippen LogP contribution is -2.30. The highest BCUT2D eigenvalue weighted by atomic mass is 19.1.